The van der Waals surface area contributed by atoms with Gasteiger partial charge < -0.3 is 9.73 Å². The van der Waals surface area contributed by atoms with Crippen molar-refractivity contribution in [2.45, 2.75) is 50.2 Å². The largest absolute Gasteiger partial charge is 0.468 e. The van der Waals surface area contributed by atoms with Crippen LogP contribution in [0.15, 0.2) is 52.0 Å². The molecule has 0 spiro atoms. The van der Waals surface area contributed by atoms with Crippen LogP contribution >= 0.6 is 0 Å². The second-order valence-corrected chi connectivity index (χ2v) is 9.31. The zero-order valence-electron chi connectivity index (χ0n) is 15.7. The molecule has 0 saturated heterocycles. The number of benzene rings is 1. The van der Waals surface area contributed by atoms with Crippen molar-refractivity contribution >= 4 is 15.7 Å². The summed E-state index contributed by atoms with van der Waals surface area (Å²) in [7, 11) is -3.70. The number of hydrogen-bond acceptors (Lipinski definition) is 4. The predicted molar refractivity (Wildman–Crippen MR) is 102 cm³/mol. The molecule has 26 heavy (non-hydrogen) atoms. The van der Waals surface area contributed by atoms with Crippen LogP contribution in [0.25, 0.3) is 0 Å². The smallest absolute Gasteiger partial charge is 0.220 e. The van der Waals surface area contributed by atoms with E-state index in [0.29, 0.717) is 18.1 Å². The zero-order valence-corrected chi connectivity index (χ0v) is 16.5. The van der Waals surface area contributed by atoms with Crippen molar-refractivity contribution in [1.82, 2.24) is 5.32 Å². The molecule has 2 rings (SSSR count). The molecule has 142 valence electrons. The third kappa shape index (κ3) is 4.97. The van der Waals surface area contributed by atoms with Gasteiger partial charge in [0.25, 0.3) is 0 Å². The fourth-order valence-corrected chi connectivity index (χ4v) is 4.28. The molecule has 0 saturated carbocycles. The Morgan fingerprint density at radius 3 is 2.23 bits per heavy atom. The first kappa shape index (κ1) is 20.2. The lowest BCUT2D eigenvalue weighted by atomic mass is 10.0. The topological polar surface area (TPSA) is 76.4 Å². The number of sulfone groups is 1. The lowest BCUT2D eigenvalue weighted by Crippen LogP contribution is -2.32. The number of nitrogens with one attached hydrogen (secondary N) is 1. The van der Waals surface area contributed by atoms with Crippen LogP contribution in [-0.2, 0) is 14.6 Å². The number of amides is 1. The summed E-state index contributed by atoms with van der Waals surface area (Å²) in [5.41, 5.74) is 1.07. The molecule has 0 aliphatic rings. The van der Waals surface area contributed by atoms with E-state index < -0.39 is 15.1 Å². The van der Waals surface area contributed by atoms with Gasteiger partial charge in [0, 0.05) is 13.0 Å². The monoisotopic (exact) mass is 377 g/mol. The summed E-state index contributed by atoms with van der Waals surface area (Å²) in [4.78, 5) is 12.2. The lowest BCUT2D eigenvalue weighted by molar-refractivity contribution is -0.121. The van der Waals surface area contributed by atoms with E-state index in [9.17, 15) is 13.2 Å². The summed E-state index contributed by atoms with van der Waals surface area (Å²) in [6.07, 6.45) is 1.80. The summed E-state index contributed by atoms with van der Waals surface area (Å²) in [5, 5.41) is 1.77. The second-order valence-electron chi connectivity index (χ2n) is 7.17. The van der Waals surface area contributed by atoms with Gasteiger partial charge >= 0.3 is 0 Å². The maximum atomic E-state index is 13.1. The van der Waals surface area contributed by atoms with Crippen molar-refractivity contribution in [2.24, 2.45) is 5.92 Å². The number of rotatable bonds is 8. The van der Waals surface area contributed by atoms with E-state index in [1.807, 2.05) is 26.0 Å². The molecular formula is C20H27NO4S. The SMILES string of the molecule is CC(C)CC(=O)NC[C@@H](c1ccco1)S(=O)(=O)c1ccc(C(C)C)cc1. The molecular weight excluding hydrogens is 350 g/mol. The van der Waals surface area contributed by atoms with Crippen LogP contribution in [0.3, 0.4) is 0 Å². The molecule has 0 aliphatic carbocycles. The average molecular weight is 378 g/mol. The van der Waals surface area contributed by atoms with E-state index in [0.717, 1.165) is 5.56 Å². The maximum absolute atomic E-state index is 13.1. The molecule has 1 amide bonds. The Morgan fingerprint density at radius 2 is 1.73 bits per heavy atom. The van der Waals surface area contributed by atoms with Gasteiger partial charge in [-0.15, -0.1) is 0 Å². The second kappa shape index (κ2) is 8.54. The molecule has 1 atom stereocenters. The van der Waals surface area contributed by atoms with Crippen LogP contribution in [-0.4, -0.2) is 20.9 Å². The van der Waals surface area contributed by atoms with Gasteiger partial charge in [-0.05, 0) is 41.7 Å². The fourth-order valence-electron chi connectivity index (χ4n) is 2.69. The molecule has 5 nitrogen and oxygen atoms in total. The molecule has 0 aliphatic heterocycles. The number of furan rings is 1. The number of carbonyl (C=O) groups excluding carboxylic acids is 1. The van der Waals surface area contributed by atoms with E-state index in [2.05, 4.69) is 19.2 Å². The van der Waals surface area contributed by atoms with Gasteiger partial charge in [0.05, 0.1) is 11.2 Å². The first-order chi connectivity index (χ1) is 12.2. The minimum atomic E-state index is -3.70. The van der Waals surface area contributed by atoms with Crippen LogP contribution < -0.4 is 5.32 Å². The van der Waals surface area contributed by atoms with E-state index >= 15 is 0 Å². The molecule has 1 heterocycles. The first-order valence-corrected chi connectivity index (χ1v) is 10.4. The molecule has 6 heteroatoms. The van der Waals surface area contributed by atoms with Gasteiger partial charge in [-0.25, -0.2) is 8.42 Å². The Kier molecular flexibility index (Phi) is 6.64. The Bertz CT molecular complexity index is 806. The van der Waals surface area contributed by atoms with Crippen LogP contribution in [0, 0.1) is 5.92 Å². The molecule has 0 radical (unpaired) electrons. The molecule has 1 N–H and O–H groups in total. The quantitative estimate of drug-likeness (QED) is 0.752. The summed E-state index contributed by atoms with van der Waals surface area (Å²) < 4.78 is 31.6. The van der Waals surface area contributed by atoms with Gasteiger partial charge in [-0.3, -0.25) is 4.79 Å². The van der Waals surface area contributed by atoms with Gasteiger partial charge in [0.2, 0.25) is 5.91 Å². The highest BCUT2D eigenvalue weighted by molar-refractivity contribution is 7.91. The van der Waals surface area contributed by atoms with E-state index in [1.54, 1.807) is 24.3 Å². The summed E-state index contributed by atoms with van der Waals surface area (Å²) in [6.45, 7) is 7.97. The molecule has 1 aromatic carbocycles. The van der Waals surface area contributed by atoms with E-state index in [1.165, 1.54) is 6.26 Å². The highest BCUT2D eigenvalue weighted by Gasteiger charge is 2.31. The molecule has 0 fully saturated rings. The van der Waals surface area contributed by atoms with Crippen LogP contribution in [0.1, 0.15) is 56.6 Å². The van der Waals surface area contributed by atoms with Crippen molar-refractivity contribution in [3.05, 3.63) is 54.0 Å². The third-order valence-corrected chi connectivity index (χ3v) is 6.27. The Balaban J connectivity index is 2.27. The summed E-state index contributed by atoms with van der Waals surface area (Å²) in [5.74, 6) is 0.685. The van der Waals surface area contributed by atoms with Gasteiger partial charge in [0.1, 0.15) is 11.0 Å². The maximum Gasteiger partial charge on any atom is 0.220 e. The minimum absolute atomic E-state index is 0.0205. The molecule has 0 bridgehead atoms. The number of hydrogen-bond donors (Lipinski definition) is 1. The highest BCUT2D eigenvalue weighted by Crippen LogP contribution is 2.30. The molecule has 0 unspecified atom stereocenters. The van der Waals surface area contributed by atoms with Crippen molar-refractivity contribution < 1.29 is 17.6 Å². The van der Waals surface area contributed by atoms with Crippen molar-refractivity contribution in [1.29, 1.82) is 0 Å². The fraction of sp³-hybridized carbons (Fsp3) is 0.450. The van der Waals surface area contributed by atoms with Crippen LogP contribution in [0.5, 0.6) is 0 Å². The zero-order chi connectivity index (χ0) is 19.3. The van der Waals surface area contributed by atoms with Crippen LogP contribution in [0.4, 0.5) is 0 Å². The summed E-state index contributed by atoms with van der Waals surface area (Å²) in [6, 6.07) is 10.2. The summed E-state index contributed by atoms with van der Waals surface area (Å²) >= 11 is 0. The van der Waals surface area contributed by atoms with Gasteiger partial charge in [-0.1, -0.05) is 39.8 Å². The Labute approximate surface area is 155 Å². The van der Waals surface area contributed by atoms with E-state index in [-0.39, 0.29) is 23.3 Å². The Morgan fingerprint density at radius 1 is 1.08 bits per heavy atom. The Hall–Kier alpha value is -2.08. The first-order valence-electron chi connectivity index (χ1n) is 8.85. The minimum Gasteiger partial charge on any atom is -0.468 e. The van der Waals surface area contributed by atoms with Crippen molar-refractivity contribution in [3.63, 3.8) is 0 Å². The highest BCUT2D eigenvalue weighted by atomic mass is 32.2. The van der Waals surface area contributed by atoms with E-state index in [4.69, 9.17) is 4.42 Å². The normalized spacial score (nSPS) is 13.2. The average Bonchev–Trinajstić information content (AvgIpc) is 3.08. The van der Waals surface area contributed by atoms with Gasteiger partial charge in [-0.2, -0.15) is 0 Å². The van der Waals surface area contributed by atoms with Gasteiger partial charge in [0.15, 0.2) is 9.84 Å². The standard InChI is InChI=1S/C20H27NO4S/c1-14(2)12-20(22)21-13-19(18-6-5-11-25-18)26(23,24)17-9-7-16(8-10-17)15(3)4/h5-11,14-15,19H,12-13H2,1-4H3,(H,21,22)/t19-/m0/s1. The number of carbonyl (C=O) groups is 1. The molecule has 2 aromatic rings. The van der Waals surface area contributed by atoms with Crippen molar-refractivity contribution in [2.75, 3.05) is 6.54 Å². The predicted octanol–water partition coefficient (Wildman–Crippen LogP) is 4.08. The van der Waals surface area contributed by atoms with Crippen molar-refractivity contribution in [3.8, 4) is 0 Å². The van der Waals surface area contributed by atoms with Crippen LogP contribution in [0.2, 0.25) is 0 Å². The lowest BCUT2D eigenvalue weighted by Gasteiger charge is -2.17. The molecule has 1 aromatic heterocycles. The third-order valence-electron chi connectivity index (χ3n) is 4.19.